The molecule has 3 aromatic heterocycles. The number of hydrogen-bond acceptors (Lipinski definition) is 7. The van der Waals surface area contributed by atoms with Gasteiger partial charge >= 0.3 is 0 Å². The number of aromatic nitrogens is 3. The molecule has 0 aliphatic carbocycles. The lowest BCUT2D eigenvalue weighted by Crippen LogP contribution is -2.31. The van der Waals surface area contributed by atoms with E-state index in [-0.39, 0.29) is 4.90 Å². The van der Waals surface area contributed by atoms with Crippen molar-refractivity contribution in [2.45, 2.75) is 24.1 Å². The highest BCUT2D eigenvalue weighted by atomic mass is 32.2. The summed E-state index contributed by atoms with van der Waals surface area (Å²) in [5, 5.41) is 3.93. The van der Waals surface area contributed by atoms with Crippen LogP contribution in [0.1, 0.15) is 23.4 Å². The van der Waals surface area contributed by atoms with Gasteiger partial charge in [0.1, 0.15) is 11.0 Å². The second kappa shape index (κ2) is 11.3. The van der Waals surface area contributed by atoms with Crippen molar-refractivity contribution < 1.29 is 22.6 Å². The molecule has 0 bridgehead atoms. The molecule has 1 unspecified atom stereocenters. The molecule has 40 heavy (non-hydrogen) atoms. The van der Waals surface area contributed by atoms with Crippen molar-refractivity contribution in [3.63, 3.8) is 0 Å². The van der Waals surface area contributed by atoms with Gasteiger partial charge in [0.25, 0.3) is 0 Å². The molecule has 5 aromatic rings. The molecule has 3 heterocycles. The Morgan fingerprint density at radius 1 is 1.02 bits per heavy atom. The highest BCUT2D eigenvalue weighted by Gasteiger charge is 2.31. The van der Waals surface area contributed by atoms with Gasteiger partial charge in [0, 0.05) is 60.7 Å². The predicted molar refractivity (Wildman–Crippen MR) is 157 cm³/mol. The molecule has 0 saturated carbocycles. The number of benzene rings is 2. The molecule has 0 radical (unpaired) electrons. The lowest BCUT2D eigenvalue weighted by molar-refractivity contribution is 0.148. The van der Waals surface area contributed by atoms with Crippen molar-refractivity contribution in [3.8, 4) is 22.8 Å². The van der Waals surface area contributed by atoms with E-state index in [0.29, 0.717) is 42.5 Å². The number of pyridine rings is 1. The number of nitrogens with zero attached hydrogens (tertiary/aromatic N) is 2. The lowest BCUT2D eigenvalue weighted by Gasteiger charge is -2.21. The Morgan fingerprint density at radius 3 is 2.45 bits per heavy atom. The van der Waals surface area contributed by atoms with Crippen molar-refractivity contribution >= 4 is 31.8 Å². The molecule has 1 atom stereocenters. The summed E-state index contributed by atoms with van der Waals surface area (Å²) in [5.41, 5.74) is 4.92. The van der Waals surface area contributed by atoms with Crippen LogP contribution < -0.4 is 14.8 Å². The summed E-state index contributed by atoms with van der Waals surface area (Å²) in [4.78, 5) is 8.20. The van der Waals surface area contributed by atoms with Gasteiger partial charge in [-0.25, -0.2) is 13.4 Å². The molecule has 9 nitrogen and oxygen atoms in total. The van der Waals surface area contributed by atoms with Crippen LogP contribution in [0, 0.1) is 6.92 Å². The summed E-state index contributed by atoms with van der Waals surface area (Å²) in [6.07, 6.45) is 3.66. The third kappa shape index (κ3) is 5.05. The van der Waals surface area contributed by atoms with Gasteiger partial charge in [0.15, 0.2) is 21.3 Å². The molecule has 0 aliphatic heterocycles. The SMILES string of the molecule is CCOCCNC(c1ccnc2[nH]c(-c3cn(C)c4cc(OC)c(OC)cc34)cc12)S(=O)(=O)c1ccc(C)cc1. The minimum absolute atomic E-state index is 0.253. The Bertz CT molecular complexity index is 1760. The number of rotatable bonds is 11. The number of H-pyrrole nitrogens is 1. The second-order valence-corrected chi connectivity index (χ2v) is 11.6. The molecule has 0 saturated heterocycles. The van der Waals surface area contributed by atoms with Crippen molar-refractivity contribution in [1.29, 1.82) is 0 Å². The molecule has 2 aromatic carbocycles. The fraction of sp³-hybridized carbons (Fsp3) is 0.300. The van der Waals surface area contributed by atoms with Gasteiger partial charge in [-0.1, -0.05) is 17.7 Å². The second-order valence-electron chi connectivity index (χ2n) is 9.61. The zero-order chi connectivity index (χ0) is 28.4. The van der Waals surface area contributed by atoms with Crippen molar-refractivity contribution in [3.05, 3.63) is 72.1 Å². The first kappa shape index (κ1) is 27.7. The van der Waals surface area contributed by atoms with Gasteiger partial charge < -0.3 is 23.8 Å². The summed E-state index contributed by atoms with van der Waals surface area (Å²) < 4.78 is 46.5. The maximum absolute atomic E-state index is 14.0. The highest BCUT2D eigenvalue weighted by molar-refractivity contribution is 7.91. The average molecular weight is 563 g/mol. The maximum Gasteiger partial charge on any atom is 0.198 e. The topological polar surface area (TPSA) is 107 Å². The summed E-state index contributed by atoms with van der Waals surface area (Å²) in [6.45, 7) is 5.16. The third-order valence-corrected chi connectivity index (χ3v) is 9.04. The molecule has 0 spiro atoms. The Balaban J connectivity index is 1.64. The monoisotopic (exact) mass is 562 g/mol. The number of ether oxygens (including phenoxy) is 3. The Kier molecular flexibility index (Phi) is 7.84. The molecular formula is C30H34N4O5S. The number of nitrogens with one attached hydrogen (secondary N) is 2. The molecule has 5 rings (SSSR count). The van der Waals surface area contributed by atoms with E-state index < -0.39 is 15.2 Å². The molecule has 10 heteroatoms. The predicted octanol–water partition coefficient (Wildman–Crippen LogP) is 5.15. The van der Waals surface area contributed by atoms with Crippen LogP contribution >= 0.6 is 0 Å². The van der Waals surface area contributed by atoms with E-state index in [1.54, 1.807) is 38.6 Å². The first-order valence-corrected chi connectivity index (χ1v) is 14.6. The standard InChI is InChI=1S/C30H34N4O5S/c1-6-39-14-13-32-30(40(35,36)20-9-7-19(2)8-10-20)21-11-12-31-29-23(21)15-25(33-29)24-18-34(3)26-17-28(38-5)27(37-4)16-22(24)26/h7-12,15-18,30,32H,6,13-14H2,1-5H3,(H,31,33). The normalized spacial score (nSPS) is 12.7. The number of fused-ring (bicyclic) bond motifs is 2. The van der Waals surface area contributed by atoms with E-state index in [1.165, 1.54) is 0 Å². The minimum Gasteiger partial charge on any atom is -0.493 e. The summed E-state index contributed by atoms with van der Waals surface area (Å²) in [6, 6.07) is 14.5. The van der Waals surface area contributed by atoms with E-state index in [0.717, 1.165) is 33.1 Å². The van der Waals surface area contributed by atoms with Crippen LogP contribution in [-0.4, -0.2) is 56.9 Å². The Morgan fingerprint density at radius 2 is 1.75 bits per heavy atom. The summed E-state index contributed by atoms with van der Waals surface area (Å²) >= 11 is 0. The van der Waals surface area contributed by atoms with Crippen LogP contribution in [0.25, 0.3) is 33.2 Å². The zero-order valence-corrected chi connectivity index (χ0v) is 24.1. The highest BCUT2D eigenvalue weighted by Crippen LogP contribution is 2.39. The van der Waals surface area contributed by atoms with Gasteiger partial charge in [0.05, 0.1) is 31.2 Å². The first-order chi connectivity index (χ1) is 19.3. The fourth-order valence-corrected chi connectivity index (χ4v) is 6.67. The van der Waals surface area contributed by atoms with Gasteiger partial charge in [-0.3, -0.25) is 5.32 Å². The molecule has 210 valence electrons. The van der Waals surface area contributed by atoms with E-state index in [2.05, 4.69) is 15.3 Å². The van der Waals surface area contributed by atoms with Crippen LogP contribution in [0.3, 0.4) is 0 Å². The minimum atomic E-state index is -3.80. The van der Waals surface area contributed by atoms with Crippen LogP contribution in [-0.2, 0) is 21.6 Å². The van der Waals surface area contributed by atoms with E-state index in [4.69, 9.17) is 14.2 Å². The number of hydrogen-bond donors (Lipinski definition) is 2. The van der Waals surface area contributed by atoms with Crippen LogP contribution in [0.4, 0.5) is 0 Å². The molecule has 0 fully saturated rings. The quantitative estimate of drug-likeness (QED) is 0.215. The smallest absolute Gasteiger partial charge is 0.198 e. The lowest BCUT2D eigenvalue weighted by atomic mass is 10.1. The van der Waals surface area contributed by atoms with E-state index in [1.807, 2.05) is 62.0 Å². The van der Waals surface area contributed by atoms with Crippen molar-refractivity contribution in [1.82, 2.24) is 19.9 Å². The maximum atomic E-state index is 14.0. The van der Waals surface area contributed by atoms with Gasteiger partial charge in [-0.2, -0.15) is 0 Å². The van der Waals surface area contributed by atoms with Crippen LogP contribution in [0.15, 0.2) is 65.8 Å². The van der Waals surface area contributed by atoms with Gasteiger partial charge in [-0.05, 0) is 49.7 Å². The number of methoxy groups -OCH3 is 2. The third-order valence-electron chi connectivity index (χ3n) is 7.07. The Labute approximate surface area is 234 Å². The van der Waals surface area contributed by atoms with Crippen molar-refractivity contribution in [2.75, 3.05) is 34.0 Å². The molecule has 0 amide bonds. The van der Waals surface area contributed by atoms with Crippen molar-refractivity contribution in [2.24, 2.45) is 7.05 Å². The Hall–Kier alpha value is -3.86. The first-order valence-electron chi connectivity index (χ1n) is 13.1. The van der Waals surface area contributed by atoms with E-state index >= 15 is 0 Å². The van der Waals surface area contributed by atoms with Crippen LogP contribution in [0.2, 0.25) is 0 Å². The largest absolute Gasteiger partial charge is 0.493 e. The average Bonchev–Trinajstić information content (AvgIpc) is 3.53. The molecule has 2 N–H and O–H groups in total. The number of aromatic amines is 1. The van der Waals surface area contributed by atoms with E-state index in [9.17, 15) is 8.42 Å². The summed E-state index contributed by atoms with van der Waals surface area (Å²) in [7, 11) is 1.40. The molecule has 0 aliphatic rings. The zero-order valence-electron chi connectivity index (χ0n) is 23.3. The van der Waals surface area contributed by atoms with Gasteiger partial charge in [0.2, 0.25) is 0 Å². The van der Waals surface area contributed by atoms with Crippen LogP contribution in [0.5, 0.6) is 11.5 Å². The number of sulfone groups is 1. The number of aryl methyl sites for hydroxylation is 2. The summed E-state index contributed by atoms with van der Waals surface area (Å²) in [5.74, 6) is 1.27. The molecular weight excluding hydrogens is 528 g/mol. The van der Waals surface area contributed by atoms with Gasteiger partial charge in [-0.15, -0.1) is 0 Å². The fourth-order valence-electron chi connectivity index (χ4n) is 5.00.